The van der Waals surface area contributed by atoms with Gasteiger partial charge >= 0.3 is 11.3 Å². The third-order valence-corrected chi connectivity index (χ3v) is 8.85. The van der Waals surface area contributed by atoms with E-state index >= 15 is 0 Å². The van der Waals surface area contributed by atoms with E-state index in [0.29, 0.717) is 0 Å². The van der Waals surface area contributed by atoms with Crippen molar-refractivity contribution in [1.82, 2.24) is 19.3 Å². The Morgan fingerprint density at radius 1 is 1.09 bits per heavy atom. The van der Waals surface area contributed by atoms with Gasteiger partial charge in [-0.25, -0.2) is 8.42 Å². The molecule has 2 aromatic carbocycles. The lowest BCUT2D eigenvalue weighted by Gasteiger charge is -2.15. The van der Waals surface area contributed by atoms with E-state index in [-0.39, 0.29) is 56.1 Å². The van der Waals surface area contributed by atoms with Crippen molar-refractivity contribution in [2.75, 3.05) is 19.8 Å². The number of hydrogen-bond donors (Lipinski definition) is 2. The molecule has 1 atom stereocenters. The number of para-hydroxylation sites is 2. The van der Waals surface area contributed by atoms with Crippen LogP contribution in [0, 0.1) is 6.92 Å². The van der Waals surface area contributed by atoms with Crippen LogP contribution in [0.5, 0.6) is 11.5 Å². The lowest BCUT2D eigenvalue weighted by molar-refractivity contribution is -0.153. The first-order valence-corrected chi connectivity index (χ1v) is 15.1. The molecule has 0 bridgehead atoms. The van der Waals surface area contributed by atoms with E-state index in [1.807, 2.05) is 0 Å². The second-order valence-corrected chi connectivity index (χ2v) is 12.1. The third-order valence-electron chi connectivity index (χ3n) is 5.80. The number of nitrogens with two attached hydrogens (primary N) is 1. The first-order valence-electron chi connectivity index (χ1n) is 12.3. The number of amides is 2. The minimum Gasteiger partial charge on any atom is -0.609 e. The number of hydrogen-bond acceptors (Lipinski definition) is 9. The molecule has 0 spiro atoms. The van der Waals surface area contributed by atoms with Crippen molar-refractivity contribution < 1.29 is 45.2 Å². The quantitative estimate of drug-likeness (QED) is 0.220. The van der Waals surface area contributed by atoms with Crippen LogP contribution in [0.3, 0.4) is 0 Å². The average Bonchev–Trinajstić information content (AvgIpc) is 3.36. The summed E-state index contributed by atoms with van der Waals surface area (Å²) < 4.78 is 90.1. The number of carbonyl (C=O) groups is 2. The van der Waals surface area contributed by atoms with E-state index < -0.39 is 52.4 Å². The normalized spacial score (nSPS) is 12.6. The van der Waals surface area contributed by atoms with Crippen molar-refractivity contribution in [3.63, 3.8) is 0 Å². The molecule has 0 fully saturated rings. The van der Waals surface area contributed by atoms with Crippen molar-refractivity contribution in [3.8, 4) is 11.5 Å². The molecule has 0 saturated carbocycles. The number of nitrogens with zero attached hydrogens (tertiary/aromatic N) is 3. The van der Waals surface area contributed by atoms with Gasteiger partial charge in [-0.3, -0.25) is 14.6 Å². The fourth-order valence-electron chi connectivity index (χ4n) is 3.77. The Morgan fingerprint density at radius 2 is 1.79 bits per heavy atom. The highest BCUT2D eigenvalue weighted by Crippen LogP contribution is 2.30. The second-order valence-electron chi connectivity index (χ2n) is 8.93. The molecule has 0 radical (unpaired) electrons. The zero-order chi connectivity index (χ0) is 31.4. The van der Waals surface area contributed by atoms with E-state index in [1.54, 1.807) is 12.1 Å². The number of carbonyl (C=O) groups excluding carboxylic acids is 2. The molecule has 43 heavy (non-hydrogen) atoms. The van der Waals surface area contributed by atoms with E-state index in [0.717, 1.165) is 3.97 Å². The molecule has 2 amide bonds. The van der Waals surface area contributed by atoms with Crippen molar-refractivity contribution in [2.45, 2.75) is 28.9 Å². The van der Waals surface area contributed by atoms with Gasteiger partial charge in [-0.05, 0) is 49.4 Å². The Hall–Kier alpha value is -4.35. The average molecular weight is 640 g/mol. The molecule has 0 aliphatic heterocycles. The van der Waals surface area contributed by atoms with Gasteiger partial charge < -0.3 is 25.1 Å². The van der Waals surface area contributed by atoms with Gasteiger partial charge in [0.1, 0.15) is 11.5 Å². The second kappa shape index (κ2) is 12.9. The lowest BCUT2D eigenvalue weighted by atomic mass is 10.2. The molecule has 4 rings (SSSR count). The molecular formula is C26H24F3N5O7S2. The van der Waals surface area contributed by atoms with Crippen LogP contribution < -0.4 is 20.5 Å². The van der Waals surface area contributed by atoms with Crippen molar-refractivity contribution in [3.05, 3.63) is 72.1 Å². The number of pyridine rings is 1. The maximum Gasteiger partial charge on any atom is 0.422 e. The van der Waals surface area contributed by atoms with Gasteiger partial charge in [0.15, 0.2) is 19.0 Å². The smallest absolute Gasteiger partial charge is 0.422 e. The standard InChI is InChI=1S/C26H24F3N5O7S2/c1-16-20(31-11-10-22(16)41-15-26(27,28)29)14-42(37)25-33-19-4-2-3-5-21(19)34(25)43(38,39)18-8-6-17(7-9-18)40-13-24(36)32-12-23(30)35/h2-11H,12-15H2,1H3,(H2,30,35)(H,32,36). The van der Waals surface area contributed by atoms with Crippen LogP contribution in [0.25, 0.3) is 11.0 Å². The number of aromatic nitrogens is 3. The largest absolute Gasteiger partial charge is 0.609 e. The topological polar surface area (TPSA) is 179 Å². The molecule has 3 N–H and O–H groups in total. The summed E-state index contributed by atoms with van der Waals surface area (Å²) in [5.41, 5.74) is 5.69. The molecule has 2 aromatic heterocycles. The highest BCUT2D eigenvalue weighted by atomic mass is 32.2. The van der Waals surface area contributed by atoms with E-state index in [4.69, 9.17) is 15.2 Å². The molecule has 1 unspecified atom stereocenters. The molecule has 12 nitrogen and oxygen atoms in total. The summed E-state index contributed by atoms with van der Waals surface area (Å²) in [4.78, 5) is 30.7. The van der Waals surface area contributed by atoms with Gasteiger partial charge in [0, 0.05) is 22.9 Å². The Balaban J connectivity index is 1.61. The summed E-state index contributed by atoms with van der Waals surface area (Å²) in [6.45, 7) is -0.893. The minimum absolute atomic E-state index is 0.104. The summed E-state index contributed by atoms with van der Waals surface area (Å²) in [6, 6.07) is 12.5. The Morgan fingerprint density at radius 3 is 2.47 bits per heavy atom. The lowest BCUT2D eigenvalue weighted by Crippen LogP contribution is -2.36. The Kier molecular flexibility index (Phi) is 9.46. The molecule has 0 aliphatic rings. The fraction of sp³-hybridized carbons (Fsp3) is 0.231. The van der Waals surface area contributed by atoms with Gasteiger partial charge in [-0.1, -0.05) is 12.1 Å². The zero-order valence-corrected chi connectivity index (χ0v) is 24.0. The number of nitrogens with one attached hydrogen (secondary N) is 1. The highest BCUT2D eigenvalue weighted by Gasteiger charge is 2.33. The number of ether oxygens (including phenoxy) is 2. The highest BCUT2D eigenvalue weighted by molar-refractivity contribution is 7.93. The third kappa shape index (κ3) is 7.74. The fourth-order valence-corrected chi connectivity index (χ4v) is 6.81. The van der Waals surface area contributed by atoms with Crippen LogP contribution >= 0.6 is 0 Å². The van der Waals surface area contributed by atoms with Crippen molar-refractivity contribution >= 4 is 44.0 Å². The van der Waals surface area contributed by atoms with Gasteiger partial charge in [0.25, 0.3) is 15.9 Å². The number of fused-ring (bicyclic) bond motifs is 1. The van der Waals surface area contributed by atoms with Gasteiger partial charge in [-0.2, -0.15) is 22.1 Å². The number of benzene rings is 2. The van der Waals surface area contributed by atoms with Crippen LogP contribution in [0.1, 0.15) is 11.3 Å². The number of primary amides is 1. The van der Waals surface area contributed by atoms with Crippen molar-refractivity contribution in [2.24, 2.45) is 5.73 Å². The van der Waals surface area contributed by atoms with E-state index in [2.05, 4.69) is 15.3 Å². The molecule has 17 heteroatoms. The summed E-state index contributed by atoms with van der Waals surface area (Å²) in [7, 11) is -4.39. The maximum atomic E-state index is 13.8. The summed E-state index contributed by atoms with van der Waals surface area (Å²) in [5.74, 6) is -1.66. The van der Waals surface area contributed by atoms with E-state index in [9.17, 15) is 35.7 Å². The number of alkyl halides is 3. The van der Waals surface area contributed by atoms with E-state index in [1.165, 1.54) is 55.6 Å². The molecule has 2 heterocycles. The SMILES string of the molecule is Cc1c(OCC(F)(F)F)ccnc1C[S+]([O-])c1nc2ccccc2n1S(=O)(=O)c1ccc(OCC(=O)NCC(N)=O)cc1. The van der Waals surface area contributed by atoms with Crippen LogP contribution in [-0.2, 0) is 36.5 Å². The van der Waals surface area contributed by atoms with Gasteiger partial charge in [0.05, 0.1) is 28.2 Å². The molecular weight excluding hydrogens is 615 g/mol. The Bertz CT molecular complexity index is 1750. The first kappa shape index (κ1) is 31.6. The van der Waals surface area contributed by atoms with Crippen LogP contribution in [0.4, 0.5) is 13.2 Å². The minimum atomic E-state index is -4.57. The molecule has 4 aromatic rings. The Labute approximate surface area is 246 Å². The molecule has 0 aliphatic carbocycles. The monoisotopic (exact) mass is 639 g/mol. The maximum absolute atomic E-state index is 13.8. The first-order chi connectivity index (χ1) is 20.3. The molecule has 228 valence electrons. The van der Waals surface area contributed by atoms with Gasteiger partial charge in [-0.15, -0.1) is 0 Å². The van der Waals surface area contributed by atoms with Crippen LogP contribution in [0.2, 0.25) is 0 Å². The number of halogens is 3. The van der Waals surface area contributed by atoms with Crippen molar-refractivity contribution in [1.29, 1.82) is 0 Å². The summed E-state index contributed by atoms with van der Waals surface area (Å²) >= 11 is -2.13. The number of imidazole rings is 1. The zero-order valence-electron chi connectivity index (χ0n) is 22.3. The summed E-state index contributed by atoms with van der Waals surface area (Å²) in [6.07, 6.45) is -3.36. The van der Waals surface area contributed by atoms with Crippen LogP contribution in [0.15, 0.2) is 70.8 Å². The summed E-state index contributed by atoms with van der Waals surface area (Å²) in [5, 5.41) is 1.92. The predicted octanol–water partition coefficient (Wildman–Crippen LogP) is 2.21. The predicted molar refractivity (Wildman–Crippen MR) is 147 cm³/mol. The van der Waals surface area contributed by atoms with Gasteiger partial charge in [0.2, 0.25) is 5.91 Å². The molecule has 0 saturated heterocycles. The van der Waals surface area contributed by atoms with Crippen LogP contribution in [-0.4, -0.2) is 64.7 Å². The number of rotatable bonds is 12.